The van der Waals surface area contributed by atoms with Crippen LogP contribution in [0.15, 0.2) is 47.4 Å². The van der Waals surface area contributed by atoms with Crippen LogP contribution in [0.1, 0.15) is 5.56 Å². The van der Waals surface area contributed by atoms with Gasteiger partial charge in [0.05, 0.1) is 5.69 Å². The van der Waals surface area contributed by atoms with Crippen LogP contribution in [0, 0.1) is 11.6 Å². The SMILES string of the molecule is NC(=O)[C@@H]1Cc2ccccc2N1S(=O)(=O)c1cc(F)ccc1F. The molecule has 0 aliphatic carbocycles. The first-order valence-electron chi connectivity index (χ1n) is 6.69. The van der Waals surface area contributed by atoms with Crippen LogP contribution in [0.2, 0.25) is 0 Å². The van der Waals surface area contributed by atoms with Crippen molar-refractivity contribution in [1.82, 2.24) is 0 Å². The van der Waals surface area contributed by atoms with Crippen LogP contribution < -0.4 is 10.0 Å². The van der Waals surface area contributed by atoms with E-state index >= 15 is 0 Å². The number of primary amides is 1. The van der Waals surface area contributed by atoms with Crippen molar-refractivity contribution >= 4 is 21.6 Å². The summed E-state index contributed by atoms with van der Waals surface area (Å²) in [6.45, 7) is 0. The van der Waals surface area contributed by atoms with Gasteiger partial charge in [0, 0.05) is 6.42 Å². The Balaban J connectivity index is 2.21. The second-order valence-corrected chi connectivity index (χ2v) is 6.91. The van der Waals surface area contributed by atoms with Crippen molar-refractivity contribution in [2.24, 2.45) is 5.73 Å². The van der Waals surface area contributed by atoms with Crippen LogP contribution in [0.5, 0.6) is 0 Å². The van der Waals surface area contributed by atoms with Crippen LogP contribution in [-0.2, 0) is 21.2 Å². The molecule has 2 aromatic carbocycles. The highest BCUT2D eigenvalue weighted by Crippen LogP contribution is 2.37. The number of anilines is 1. The van der Waals surface area contributed by atoms with Crippen molar-refractivity contribution in [2.45, 2.75) is 17.4 Å². The summed E-state index contributed by atoms with van der Waals surface area (Å²) in [5.41, 5.74) is 6.13. The van der Waals surface area contributed by atoms with Crippen LogP contribution in [-0.4, -0.2) is 20.4 Å². The molecule has 0 fully saturated rings. The Bertz CT molecular complexity index is 899. The number of rotatable bonds is 3. The Hall–Kier alpha value is -2.48. The summed E-state index contributed by atoms with van der Waals surface area (Å²) < 4.78 is 53.7. The highest BCUT2D eigenvalue weighted by Gasteiger charge is 2.42. The fraction of sp³-hybridized carbons (Fsp3) is 0.133. The van der Waals surface area contributed by atoms with Crippen molar-refractivity contribution in [2.75, 3.05) is 4.31 Å². The maximum Gasteiger partial charge on any atom is 0.268 e. The molecule has 1 amide bonds. The zero-order valence-electron chi connectivity index (χ0n) is 11.7. The maximum atomic E-state index is 13.9. The monoisotopic (exact) mass is 338 g/mol. The average Bonchev–Trinajstić information content (AvgIpc) is 2.90. The lowest BCUT2D eigenvalue weighted by Crippen LogP contribution is -2.46. The van der Waals surface area contributed by atoms with Gasteiger partial charge in [-0.3, -0.25) is 9.10 Å². The first-order chi connectivity index (χ1) is 10.8. The second kappa shape index (κ2) is 5.31. The van der Waals surface area contributed by atoms with E-state index in [2.05, 4.69) is 0 Å². The topological polar surface area (TPSA) is 80.5 Å². The third kappa shape index (κ3) is 2.44. The van der Waals surface area contributed by atoms with Gasteiger partial charge in [-0.2, -0.15) is 0 Å². The summed E-state index contributed by atoms with van der Waals surface area (Å²) in [6.07, 6.45) is 0.0850. The van der Waals surface area contributed by atoms with Gasteiger partial charge in [-0.1, -0.05) is 18.2 Å². The van der Waals surface area contributed by atoms with Crippen molar-refractivity contribution in [3.05, 3.63) is 59.7 Å². The lowest BCUT2D eigenvalue weighted by molar-refractivity contribution is -0.118. The number of nitrogens with two attached hydrogens (primary N) is 1. The van der Waals surface area contributed by atoms with Gasteiger partial charge >= 0.3 is 0 Å². The standard InChI is InChI=1S/C15H12F2N2O3S/c16-10-5-6-11(17)14(8-10)23(21,22)19-12-4-2-1-3-9(12)7-13(19)15(18)20/h1-6,8,13H,7H2,(H2,18,20)/t13-/m0/s1. The van der Waals surface area contributed by atoms with Crippen molar-refractivity contribution in [1.29, 1.82) is 0 Å². The molecule has 1 aliphatic heterocycles. The number of hydrogen-bond acceptors (Lipinski definition) is 3. The third-order valence-electron chi connectivity index (χ3n) is 3.68. The zero-order chi connectivity index (χ0) is 16.8. The minimum Gasteiger partial charge on any atom is -0.368 e. The summed E-state index contributed by atoms with van der Waals surface area (Å²) >= 11 is 0. The number of hydrogen-bond donors (Lipinski definition) is 1. The molecule has 1 heterocycles. The molecule has 3 rings (SSSR count). The number of para-hydroxylation sites is 1. The Labute approximate surface area is 131 Å². The third-order valence-corrected chi connectivity index (χ3v) is 5.52. The molecule has 1 aliphatic rings. The van der Waals surface area contributed by atoms with Crippen LogP contribution in [0.25, 0.3) is 0 Å². The smallest absolute Gasteiger partial charge is 0.268 e. The fourth-order valence-corrected chi connectivity index (χ4v) is 4.39. The lowest BCUT2D eigenvalue weighted by Gasteiger charge is -2.25. The van der Waals surface area contributed by atoms with Gasteiger partial charge in [0.15, 0.2) is 0 Å². The summed E-state index contributed by atoms with van der Waals surface area (Å²) in [4.78, 5) is 10.8. The number of fused-ring (bicyclic) bond motifs is 1. The van der Waals surface area contributed by atoms with E-state index in [4.69, 9.17) is 5.73 Å². The van der Waals surface area contributed by atoms with E-state index in [1.165, 1.54) is 6.07 Å². The quantitative estimate of drug-likeness (QED) is 0.922. The summed E-state index contributed by atoms with van der Waals surface area (Å²) in [5, 5.41) is 0. The van der Waals surface area contributed by atoms with E-state index in [0.29, 0.717) is 11.6 Å². The highest BCUT2D eigenvalue weighted by molar-refractivity contribution is 7.93. The van der Waals surface area contributed by atoms with E-state index in [0.717, 1.165) is 16.4 Å². The number of amides is 1. The number of carbonyl (C=O) groups is 1. The van der Waals surface area contributed by atoms with Gasteiger partial charge in [0.2, 0.25) is 5.91 Å². The van der Waals surface area contributed by atoms with Gasteiger partial charge < -0.3 is 5.73 Å². The second-order valence-electron chi connectivity index (χ2n) is 5.13. The van der Waals surface area contributed by atoms with E-state index < -0.39 is 38.5 Å². The molecule has 0 unspecified atom stereocenters. The molecule has 5 nitrogen and oxygen atoms in total. The number of sulfonamides is 1. The Morgan fingerprint density at radius 2 is 1.87 bits per heavy atom. The molecular weight excluding hydrogens is 326 g/mol. The first-order valence-corrected chi connectivity index (χ1v) is 8.13. The summed E-state index contributed by atoms with van der Waals surface area (Å²) in [7, 11) is -4.48. The highest BCUT2D eigenvalue weighted by atomic mass is 32.2. The van der Waals surface area contributed by atoms with Gasteiger partial charge in [0.25, 0.3) is 10.0 Å². The molecule has 0 aromatic heterocycles. The predicted molar refractivity (Wildman–Crippen MR) is 79.2 cm³/mol. The predicted octanol–water partition coefficient (Wildman–Crippen LogP) is 1.57. The molecule has 1 atom stereocenters. The lowest BCUT2D eigenvalue weighted by atomic mass is 10.1. The molecule has 23 heavy (non-hydrogen) atoms. The van der Waals surface area contributed by atoms with Gasteiger partial charge in [-0.05, 0) is 29.8 Å². The number of nitrogens with zero attached hydrogens (tertiary/aromatic N) is 1. The van der Waals surface area contributed by atoms with E-state index in [9.17, 15) is 22.0 Å². The number of halogens is 2. The van der Waals surface area contributed by atoms with Crippen LogP contribution >= 0.6 is 0 Å². The minimum absolute atomic E-state index is 0.0850. The molecule has 120 valence electrons. The van der Waals surface area contributed by atoms with Crippen molar-refractivity contribution < 1.29 is 22.0 Å². The molecule has 8 heteroatoms. The van der Waals surface area contributed by atoms with Crippen LogP contribution in [0.3, 0.4) is 0 Å². The Morgan fingerprint density at radius 1 is 1.17 bits per heavy atom. The molecule has 2 N–H and O–H groups in total. The molecule has 0 bridgehead atoms. The largest absolute Gasteiger partial charge is 0.368 e. The normalized spacial score (nSPS) is 17.1. The van der Waals surface area contributed by atoms with Crippen LogP contribution in [0.4, 0.5) is 14.5 Å². The van der Waals surface area contributed by atoms with E-state index in [1.807, 2.05) is 0 Å². The van der Waals surface area contributed by atoms with Gasteiger partial charge in [0.1, 0.15) is 22.6 Å². The average molecular weight is 338 g/mol. The number of benzene rings is 2. The van der Waals surface area contributed by atoms with Crippen molar-refractivity contribution in [3.63, 3.8) is 0 Å². The fourth-order valence-electron chi connectivity index (χ4n) is 2.65. The Morgan fingerprint density at radius 3 is 2.57 bits per heavy atom. The first kappa shape index (κ1) is 15.4. The number of carbonyl (C=O) groups excluding carboxylic acids is 1. The van der Waals surface area contributed by atoms with E-state index in [-0.39, 0.29) is 12.1 Å². The van der Waals surface area contributed by atoms with Crippen molar-refractivity contribution in [3.8, 4) is 0 Å². The molecule has 0 saturated heterocycles. The molecule has 0 radical (unpaired) electrons. The van der Waals surface area contributed by atoms with Gasteiger partial charge in [-0.15, -0.1) is 0 Å². The maximum absolute atomic E-state index is 13.9. The molecule has 0 saturated carbocycles. The van der Waals surface area contributed by atoms with E-state index in [1.54, 1.807) is 18.2 Å². The zero-order valence-corrected chi connectivity index (χ0v) is 12.6. The molecule has 0 spiro atoms. The summed E-state index contributed by atoms with van der Waals surface area (Å²) in [6, 6.07) is 7.38. The molecule has 2 aromatic rings. The summed E-state index contributed by atoms with van der Waals surface area (Å²) in [5.74, 6) is -2.85. The Kier molecular flexibility index (Phi) is 3.56. The molecular formula is C15H12F2N2O3S. The van der Waals surface area contributed by atoms with Gasteiger partial charge in [-0.25, -0.2) is 17.2 Å². The minimum atomic E-state index is -4.48.